The van der Waals surface area contributed by atoms with E-state index in [1.54, 1.807) is 49.3 Å². The third-order valence-corrected chi connectivity index (χ3v) is 6.59. The first-order valence-electron chi connectivity index (χ1n) is 9.34. The van der Waals surface area contributed by atoms with E-state index in [0.717, 1.165) is 0 Å². The highest BCUT2D eigenvalue weighted by molar-refractivity contribution is 7.89. The van der Waals surface area contributed by atoms with E-state index in [4.69, 9.17) is 4.74 Å². The fourth-order valence-electron chi connectivity index (χ4n) is 2.93. The van der Waals surface area contributed by atoms with Crippen molar-refractivity contribution < 1.29 is 17.9 Å². The van der Waals surface area contributed by atoms with Crippen LogP contribution in [0.4, 0.5) is 5.69 Å². The van der Waals surface area contributed by atoms with Crippen LogP contribution in [-0.4, -0.2) is 53.4 Å². The average Bonchev–Trinajstić information content (AvgIpc) is 3.29. The lowest BCUT2D eigenvalue weighted by atomic mass is 10.2. The molecule has 0 saturated carbocycles. The summed E-state index contributed by atoms with van der Waals surface area (Å²) in [6.07, 6.45) is 6.54. The van der Waals surface area contributed by atoms with Gasteiger partial charge in [-0.1, -0.05) is 13.8 Å². The normalized spacial score (nSPS) is 11.5. The third kappa shape index (κ3) is 4.34. The van der Waals surface area contributed by atoms with Crippen molar-refractivity contribution in [2.24, 2.45) is 0 Å². The van der Waals surface area contributed by atoms with E-state index in [9.17, 15) is 13.2 Å². The number of imidazole rings is 1. The van der Waals surface area contributed by atoms with Gasteiger partial charge in [0.1, 0.15) is 22.8 Å². The largest absolute Gasteiger partial charge is 0.495 e. The molecule has 30 heavy (non-hydrogen) atoms. The first-order chi connectivity index (χ1) is 14.4. The molecule has 2 aromatic heterocycles. The van der Waals surface area contributed by atoms with Crippen LogP contribution < -0.4 is 10.1 Å². The quantitative estimate of drug-likeness (QED) is 0.590. The van der Waals surface area contributed by atoms with Crippen LogP contribution in [0.15, 0.2) is 60.1 Å². The Morgan fingerprint density at radius 2 is 1.97 bits per heavy atom. The number of amides is 1. The SMILES string of the molecule is CCN(CC)S(=O)(=O)c1cc(C(=O)Nc2ccc(-n3ccnc3)nc2)ccc1OC. The zero-order valence-electron chi connectivity index (χ0n) is 16.9. The number of nitrogens with one attached hydrogen (secondary N) is 1. The topological polar surface area (TPSA) is 106 Å². The van der Waals surface area contributed by atoms with Gasteiger partial charge in [0.2, 0.25) is 10.0 Å². The lowest BCUT2D eigenvalue weighted by molar-refractivity contribution is 0.102. The molecule has 0 fully saturated rings. The van der Waals surface area contributed by atoms with Crippen LogP contribution in [0.25, 0.3) is 5.82 Å². The van der Waals surface area contributed by atoms with Crippen molar-refractivity contribution in [2.45, 2.75) is 18.7 Å². The zero-order chi connectivity index (χ0) is 21.7. The van der Waals surface area contributed by atoms with Gasteiger partial charge in [-0.25, -0.2) is 18.4 Å². The van der Waals surface area contributed by atoms with Gasteiger partial charge in [-0.05, 0) is 30.3 Å². The van der Waals surface area contributed by atoms with Crippen LogP contribution in [0.1, 0.15) is 24.2 Å². The van der Waals surface area contributed by atoms with E-state index in [1.807, 2.05) is 0 Å². The molecule has 0 unspecified atom stereocenters. The molecule has 10 heteroatoms. The van der Waals surface area contributed by atoms with E-state index >= 15 is 0 Å². The van der Waals surface area contributed by atoms with Gasteiger partial charge in [-0.3, -0.25) is 9.36 Å². The summed E-state index contributed by atoms with van der Waals surface area (Å²) in [4.78, 5) is 20.9. The molecule has 2 heterocycles. The van der Waals surface area contributed by atoms with Crippen molar-refractivity contribution in [3.05, 3.63) is 60.8 Å². The van der Waals surface area contributed by atoms with Crippen LogP contribution in [0.5, 0.6) is 5.75 Å². The Balaban J connectivity index is 1.86. The lowest BCUT2D eigenvalue weighted by Gasteiger charge is -2.20. The summed E-state index contributed by atoms with van der Waals surface area (Å²) in [5, 5.41) is 2.73. The van der Waals surface area contributed by atoms with Crippen LogP contribution >= 0.6 is 0 Å². The highest BCUT2D eigenvalue weighted by Crippen LogP contribution is 2.28. The molecule has 158 valence electrons. The van der Waals surface area contributed by atoms with Crippen LogP contribution in [0, 0.1) is 0 Å². The minimum atomic E-state index is -3.80. The first-order valence-corrected chi connectivity index (χ1v) is 10.8. The second kappa shape index (κ2) is 9.06. The number of carbonyl (C=O) groups is 1. The Bertz CT molecular complexity index is 1110. The number of methoxy groups -OCH3 is 1. The van der Waals surface area contributed by atoms with E-state index in [2.05, 4.69) is 15.3 Å². The minimum Gasteiger partial charge on any atom is -0.495 e. The summed E-state index contributed by atoms with van der Waals surface area (Å²) < 4.78 is 34.2. The zero-order valence-corrected chi connectivity index (χ0v) is 17.8. The number of sulfonamides is 1. The second-order valence-corrected chi connectivity index (χ2v) is 8.19. The number of carbonyl (C=O) groups excluding carboxylic acids is 1. The van der Waals surface area contributed by atoms with Crippen LogP contribution in [0.3, 0.4) is 0 Å². The molecular weight excluding hydrogens is 406 g/mol. The number of ether oxygens (including phenoxy) is 1. The highest BCUT2D eigenvalue weighted by Gasteiger charge is 2.26. The van der Waals surface area contributed by atoms with Gasteiger partial charge in [0.15, 0.2) is 0 Å². The van der Waals surface area contributed by atoms with Crippen molar-refractivity contribution in [2.75, 3.05) is 25.5 Å². The number of benzene rings is 1. The number of rotatable bonds is 8. The van der Waals surface area contributed by atoms with Gasteiger partial charge < -0.3 is 10.1 Å². The number of pyridine rings is 1. The molecular formula is C20H23N5O4S. The maximum atomic E-state index is 13.0. The molecule has 1 aromatic carbocycles. The predicted molar refractivity (Wildman–Crippen MR) is 112 cm³/mol. The Morgan fingerprint density at radius 3 is 2.53 bits per heavy atom. The fourth-order valence-corrected chi connectivity index (χ4v) is 4.57. The van der Waals surface area contributed by atoms with Gasteiger partial charge in [-0.15, -0.1) is 0 Å². The van der Waals surface area contributed by atoms with Gasteiger partial charge in [0.25, 0.3) is 5.91 Å². The number of hydrogen-bond donors (Lipinski definition) is 1. The minimum absolute atomic E-state index is 0.0464. The summed E-state index contributed by atoms with van der Waals surface area (Å²) in [6, 6.07) is 7.77. The third-order valence-electron chi connectivity index (χ3n) is 4.52. The van der Waals surface area contributed by atoms with E-state index in [-0.39, 0.29) is 16.2 Å². The summed E-state index contributed by atoms with van der Waals surface area (Å²) in [5.74, 6) is 0.387. The standard InChI is InChI=1S/C20H23N5O4S/c1-4-25(5-2)30(27,28)18-12-15(6-8-17(18)29-3)20(26)23-16-7-9-19(22-13-16)24-11-10-21-14-24/h6-14H,4-5H2,1-3H3,(H,23,26). The highest BCUT2D eigenvalue weighted by atomic mass is 32.2. The van der Waals surface area contributed by atoms with Crippen molar-refractivity contribution in [3.8, 4) is 11.6 Å². The Labute approximate surface area is 175 Å². The van der Waals surface area contributed by atoms with Crippen molar-refractivity contribution >= 4 is 21.6 Å². The summed E-state index contributed by atoms with van der Waals surface area (Å²) >= 11 is 0. The fraction of sp³-hybridized carbons (Fsp3) is 0.250. The Hall–Kier alpha value is -3.24. The second-order valence-electron chi connectivity index (χ2n) is 6.28. The molecule has 3 rings (SSSR count). The Morgan fingerprint density at radius 1 is 1.20 bits per heavy atom. The van der Waals surface area contributed by atoms with Crippen molar-refractivity contribution in [1.82, 2.24) is 18.8 Å². The summed E-state index contributed by atoms with van der Waals surface area (Å²) in [7, 11) is -2.40. The maximum absolute atomic E-state index is 13.0. The number of aromatic nitrogens is 3. The molecule has 0 radical (unpaired) electrons. The van der Waals surface area contributed by atoms with Gasteiger partial charge in [-0.2, -0.15) is 4.31 Å². The average molecular weight is 430 g/mol. The maximum Gasteiger partial charge on any atom is 0.255 e. The predicted octanol–water partition coefficient (Wildman–Crippen LogP) is 2.56. The molecule has 0 aliphatic rings. The van der Waals surface area contributed by atoms with Crippen LogP contribution in [-0.2, 0) is 10.0 Å². The van der Waals surface area contributed by atoms with E-state index in [1.165, 1.54) is 35.8 Å². The number of hydrogen-bond acceptors (Lipinski definition) is 6. The van der Waals surface area contributed by atoms with Crippen LogP contribution in [0.2, 0.25) is 0 Å². The molecule has 0 aliphatic heterocycles. The van der Waals surface area contributed by atoms with Gasteiger partial charge in [0, 0.05) is 31.0 Å². The molecule has 0 saturated heterocycles. The number of nitrogens with zero attached hydrogens (tertiary/aromatic N) is 4. The molecule has 3 aromatic rings. The monoisotopic (exact) mass is 429 g/mol. The van der Waals surface area contributed by atoms with E-state index in [0.29, 0.717) is 24.6 Å². The van der Waals surface area contributed by atoms with Gasteiger partial charge in [0.05, 0.1) is 19.0 Å². The molecule has 0 atom stereocenters. The van der Waals surface area contributed by atoms with Crippen molar-refractivity contribution in [1.29, 1.82) is 0 Å². The summed E-state index contributed by atoms with van der Waals surface area (Å²) in [5.41, 5.74) is 0.674. The molecule has 1 N–H and O–H groups in total. The lowest BCUT2D eigenvalue weighted by Crippen LogP contribution is -2.31. The molecule has 0 aliphatic carbocycles. The number of anilines is 1. The first kappa shape index (κ1) is 21.5. The van der Waals surface area contributed by atoms with Crippen molar-refractivity contribution in [3.63, 3.8) is 0 Å². The molecule has 0 bridgehead atoms. The van der Waals surface area contributed by atoms with E-state index < -0.39 is 15.9 Å². The molecule has 1 amide bonds. The smallest absolute Gasteiger partial charge is 0.255 e. The molecule has 0 spiro atoms. The summed E-state index contributed by atoms with van der Waals surface area (Å²) in [6.45, 7) is 4.13. The molecule has 9 nitrogen and oxygen atoms in total. The Kier molecular flexibility index (Phi) is 6.48. The van der Waals surface area contributed by atoms with Gasteiger partial charge >= 0.3 is 0 Å².